The zero-order valence-corrected chi connectivity index (χ0v) is 26.3. The number of esters is 1. The number of carbonyl (C=O) groups is 5. The van der Waals surface area contributed by atoms with Gasteiger partial charge in [0, 0.05) is 23.4 Å². The van der Waals surface area contributed by atoms with E-state index >= 15 is 0 Å². The molecular weight excluding hydrogens is 566 g/mol. The van der Waals surface area contributed by atoms with Crippen LogP contribution in [0.1, 0.15) is 77.7 Å². The van der Waals surface area contributed by atoms with Gasteiger partial charge in [0.2, 0.25) is 11.8 Å². The summed E-state index contributed by atoms with van der Waals surface area (Å²) >= 11 is 0. The van der Waals surface area contributed by atoms with Crippen LogP contribution in [0.4, 0.5) is 0 Å². The molecule has 1 saturated heterocycles. The molecule has 12 nitrogen and oxygen atoms in total. The van der Waals surface area contributed by atoms with Crippen LogP contribution >= 0.6 is 0 Å². The van der Waals surface area contributed by atoms with Crippen molar-refractivity contribution in [1.82, 2.24) is 20.9 Å². The lowest BCUT2D eigenvalue weighted by Crippen LogP contribution is -2.54. The normalized spacial score (nSPS) is 16.7. The SMILES string of the molecule is CCOc1cccc2[nH]c(C(=O)N[C@@H](CC(C)(C)C)C(=O)N[C@@H](C[C@@H]3CCCNC3=O)C(=O)COC(=O)C(C)(C)C#N)cc12. The van der Waals surface area contributed by atoms with E-state index in [2.05, 4.69) is 20.9 Å². The van der Waals surface area contributed by atoms with Crippen molar-refractivity contribution in [2.45, 2.75) is 79.3 Å². The highest BCUT2D eigenvalue weighted by Crippen LogP contribution is 2.27. The van der Waals surface area contributed by atoms with Crippen LogP contribution in [0.5, 0.6) is 5.75 Å². The summed E-state index contributed by atoms with van der Waals surface area (Å²) in [5.74, 6) is -2.78. The Kier molecular flexibility index (Phi) is 11.1. The molecule has 2 aromatic rings. The van der Waals surface area contributed by atoms with Crippen LogP contribution in [0, 0.1) is 28.1 Å². The van der Waals surface area contributed by atoms with E-state index in [9.17, 15) is 29.2 Å². The Morgan fingerprint density at radius 2 is 1.84 bits per heavy atom. The third-order valence-corrected chi connectivity index (χ3v) is 7.37. The van der Waals surface area contributed by atoms with Gasteiger partial charge in [-0.2, -0.15) is 5.26 Å². The molecule has 0 saturated carbocycles. The fourth-order valence-corrected chi connectivity index (χ4v) is 4.94. The molecule has 3 atom stereocenters. The second-order valence-corrected chi connectivity index (χ2v) is 12.8. The van der Waals surface area contributed by atoms with Crippen molar-refractivity contribution in [3.05, 3.63) is 30.0 Å². The van der Waals surface area contributed by atoms with Crippen LogP contribution in [0.3, 0.4) is 0 Å². The summed E-state index contributed by atoms with van der Waals surface area (Å²) in [6, 6.07) is 6.71. The summed E-state index contributed by atoms with van der Waals surface area (Å²) in [4.78, 5) is 68.3. The van der Waals surface area contributed by atoms with E-state index in [4.69, 9.17) is 9.47 Å². The number of nitriles is 1. The lowest BCUT2D eigenvalue weighted by molar-refractivity contribution is -0.154. The number of aromatic nitrogens is 1. The highest BCUT2D eigenvalue weighted by molar-refractivity contribution is 6.02. The Balaban J connectivity index is 1.83. The van der Waals surface area contributed by atoms with Gasteiger partial charge in [-0.3, -0.25) is 24.0 Å². The molecule has 0 aliphatic carbocycles. The van der Waals surface area contributed by atoms with Gasteiger partial charge in [0.05, 0.1) is 18.7 Å². The van der Waals surface area contributed by atoms with Gasteiger partial charge in [-0.15, -0.1) is 0 Å². The third kappa shape index (κ3) is 9.05. The van der Waals surface area contributed by atoms with Gasteiger partial charge in [-0.1, -0.05) is 26.8 Å². The van der Waals surface area contributed by atoms with Crippen LogP contribution in [0.25, 0.3) is 10.9 Å². The van der Waals surface area contributed by atoms with Gasteiger partial charge in [0.1, 0.15) is 22.9 Å². The number of hydrogen-bond donors (Lipinski definition) is 4. The van der Waals surface area contributed by atoms with E-state index in [0.717, 1.165) is 11.8 Å². The van der Waals surface area contributed by atoms with Crippen molar-refractivity contribution in [2.24, 2.45) is 16.7 Å². The van der Waals surface area contributed by atoms with Crippen molar-refractivity contribution in [3.8, 4) is 11.8 Å². The average Bonchev–Trinajstić information content (AvgIpc) is 3.41. The quantitative estimate of drug-likeness (QED) is 0.250. The summed E-state index contributed by atoms with van der Waals surface area (Å²) in [5, 5.41) is 18.2. The van der Waals surface area contributed by atoms with Gasteiger partial charge < -0.3 is 30.4 Å². The number of H-pyrrole nitrogens is 1. The van der Waals surface area contributed by atoms with E-state index in [1.165, 1.54) is 13.8 Å². The van der Waals surface area contributed by atoms with E-state index in [-0.39, 0.29) is 29.9 Å². The maximum atomic E-state index is 13.7. The molecule has 0 spiro atoms. The monoisotopic (exact) mass is 609 g/mol. The second kappa shape index (κ2) is 14.4. The zero-order valence-electron chi connectivity index (χ0n) is 26.3. The lowest BCUT2D eigenvalue weighted by atomic mass is 9.87. The molecule has 3 amide bonds. The highest BCUT2D eigenvalue weighted by atomic mass is 16.5. The number of carbonyl (C=O) groups excluding carboxylic acids is 5. The van der Waals surface area contributed by atoms with E-state index in [1.54, 1.807) is 12.1 Å². The minimum Gasteiger partial charge on any atom is -0.493 e. The summed E-state index contributed by atoms with van der Waals surface area (Å²) in [5.41, 5.74) is -0.920. The van der Waals surface area contributed by atoms with Crippen molar-refractivity contribution in [1.29, 1.82) is 5.26 Å². The molecule has 0 bridgehead atoms. The molecule has 0 radical (unpaired) electrons. The summed E-state index contributed by atoms with van der Waals surface area (Å²) in [7, 11) is 0. The predicted octanol–water partition coefficient (Wildman–Crippen LogP) is 3.16. The molecule has 1 aliphatic heterocycles. The molecule has 1 aromatic heterocycles. The number of nitrogens with zero attached hydrogens (tertiary/aromatic N) is 1. The first kappa shape index (κ1) is 34.1. The molecule has 12 heteroatoms. The number of rotatable bonds is 13. The summed E-state index contributed by atoms with van der Waals surface area (Å²) < 4.78 is 10.8. The van der Waals surface area contributed by atoms with Crippen LogP contribution in [0.15, 0.2) is 24.3 Å². The van der Waals surface area contributed by atoms with Crippen molar-refractivity contribution >= 4 is 40.4 Å². The number of fused-ring (bicyclic) bond motifs is 1. The number of hydrogen-bond acceptors (Lipinski definition) is 8. The van der Waals surface area contributed by atoms with Gasteiger partial charge >= 0.3 is 5.97 Å². The molecule has 0 unspecified atom stereocenters. The number of ether oxygens (including phenoxy) is 2. The maximum Gasteiger partial charge on any atom is 0.326 e. The van der Waals surface area contributed by atoms with E-state index in [0.29, 0.717) is 30.8 Å². The Morgan fingerprint density at radius 1 is 1.11 bits per heavy atom. The van der Waals surface area contributed by atoms with Crippen molar-refractivity contribution in [3.63, 3.8) is 0 Å². The van der Waals surface area contributed by atoms with E-state index in [1.807, 2.05) is 45.9 Å². The molecule has 4 N–H and O–H groups in total. The molecule has 44 heavy (non-hydrogen) atoms. The summed E-state index contributed by atoms with van der Waals surface area (Å²) in [6.07, 6.45) is 1.48. The van der Waals surface area contributed by atoms with Gasteiger partial charge in [-0.05, 0) is 70.1 Å². The first-order valence-electron chi connectivity index (χ1n) is 14.9. The van der Waals surface area contributed by atoms with Crippen LogP contribution < -0.4 is 20.7 Å². The Morgan fingerprint density at radius 3 is 2.48 bits per heavy atom. The lowest BCUT2D eigenvalue weighted by Gasteiger charge is -2.30. The molecule has 1 aromatic carbocycles. The molecule has 238 valence electrons. The topological polar surface area (TPSA) is 179 Å². The Bertz CT molecular complexity index is 1430. The first-order chi connectivity index (χ1) is 20.6. The van der Waals surface area contributed by atoms with Crippen molar-refractivity contribution < 1.29 is 33.4 Å². The number of aromatic amines is 1. The number of nitrogens with one attached hydrogen (secondary N) is 4. The number of benzene rings is 1. The molecule has 3 rings (SSSR count). The molecule has 1 aliphatic rings. The zero-order chi connectivity index (χ0) is 32.7. The smallest absolute Gasteiger partial charge is 0.326 e. The van der Waals surface area contributed by atoms with Crippen molar-refractivity contribution in [2.75, 3.05) is 19.8 Å². The highest BCUT2D eigenvalue weighted by Gasteiger charge is 2.35. The predicted molar refractivity (Wildman–Crippen MR) is 162 cm³/mol. The summed E-state index contributed by atoms with van der Waals surface area (Å²) in [6.45, 7) is 10.7. The average molecular weight is 610 g/mol. The molecular formula is C32H43N5O7. The van der Waals surface area contributed by atoms with Gasteiger partial charge in [-0.25, -0.2) is 0 Å². The van der Waals surface area contributed by atoms with Crippen LogP contribution in [0.2, 0.25) is 0 Å². The largest absolute Gasteiger partial charge is 0.493 e. The minimum absolute atomic E-state index is 0.00594. The third-order valence-electron chi connectivity index (χ3n) is 7.37. The fraction of sp³-hybridized carbons (Fsp3) is 0.562. The Labute approximate surface area is 257 Å². The molecule has 1 fully saturated rings. The van der Waals surface area contributed by atoms with Crippen LogP contribution in [-0.2, 0) is 23.9 Å². The molecule has 2 heterocycles. The standard InChI is InChI=1S/C32H43N5O7/c1-7-43-26-12-8-11-21-20(26)15-23(35-21)28(40)37-24(16-31(2,3)4)29(41)36-22(14-19-10-9-13-34-27(19)39)25(38)17-44-30(42)32(5,6)18-33/h8,11-12,15,19,22,24,35H,7,9-10,13-14,16-17H2,1-6H3,(H,34,39)(H,36,41)(H,37,40)/t19-,22-,24-/m0/s1. The maximum absolute atomic E-state index is 13.7. The second-order valence-electron chi connectivity index (χ2n) is 12.8. The number of amides is 3. The number of Topliss-reactive ketones (excluding diaryl/α,β-unsaturated/α-hetero) is 1. The van der Waals surface area contributed by atoms with E-state index < -0.39 is 53.6 Å². The van der Waals surface area contributed by atoms with Crippen LogP contribution in [-0.4, -0.2) is 66.3 Å². The van der Waals surface area contributed by atoms with Gasteiger partial charge in [0.25, 0.3) is 5.91 Å². The number of piperidine rings is 1. The first-order valence-corrected chi connectivity index (χ1v) is 14.9. The number of ketones is 1. The fourth-order valence-electron chi connectivity index (χ4n) is 4.94. The minimum atomic E-state index is -1.46. The van der Waals surface area contributed by atoms with Gasteiger partial charge in [0.15, 0.2) is 12.4 Å². The Hall–Kier alpha value is -4.40.